The van der Waals surface area contributed by atoms with E-state index in [0.29, 0.717) is 6.07 Å². The van der Waals surface area contributed by atoms with Gasteiger partial charge in [-0.05, 0) is 12.1 Å². The van der Waals surface area contributed by atoms with Gasteiger partial charge in [0.25, 0.3) is 11.6 Å². The monoisotopic (exact) mass is 441 g/mol. The number of esters is 1. The number of aromatic nitrogens is 1. The fourth-order valence-corrected chi connectivity index (χ4v) is 3.76. The molecular weight excluding hydrogens is 432 g/mol. The number of methoxy groups -OCH3 is 1. The second-order valence-corrected chi connectivity index (χ2v) is 7.04. The van der Waals surface area contributed by atoms with Crippen LogP contribution in [0.3, 0.4) is 0 Å². The third kappa shape index (κ3) is 4.15. The summed E-state index contributed by atoms with van der Waals surface area (Å²) in [4.78, 5) is 38.2. The zero-order chi connectivity index (χ0) is 21.3. The molecular formula is C17H10ClF2N3O5S. The Hall–Kier alpha value is -3.18. The van der Waals surface area contributed by atoms with Crippen molar-refractivity contribution in [3.63, 3.8) is 0 Å². The molecule has 2 aromatic carbocycles. The molecule has 0 N–H and O–H groups in total. The first kappa shape index (κ1) is 20.6. The van der Waals surface area contributed by atoms with Crippen LogP contribution in [-0.4, -0.2) is 28.5 Å². The Bertz CT molecular complexity index is 1240. The minimum absolute atomic E-state index is 0.0813. The first-order valence-electron chi connectivity index (χ1n) is 7.79. The molecule has 8 nitrogen and oxygen atoms in total. The highest BCUT2D eigenvalue weighted by molar-refractivity contribution is 7.16. The first-order valence-corrected chi connectivity index (χ1v) is 8.99. The number of non-ortho nitro benzene ring substituents is 1. The fourth-order valence-electron chi connectivity index (χ4n) is 2.49. The average Bonchev–Trinajstić information content (AvgIpc) is 2.98. The largest absolute Gasteiger partial charge is 0.468 e. The van der Waals surface area contributed by atoms with E-state index in [4.69, 9.17) is 11.6 Å². The van der Waals surface area contributed by atoms with Crippen molar-refractivity contribution in [3.8, 4) is 0 Å². The molecule has 1 aromatic heterocycles. The number of carbonyl (C=O) groups excluding carboxylic acids is 2. The molecule has 1 amide bonds. The number of thiazole rings is 1. The van der Waals surface area contributed by atoms with E-state index in [1.54, 1.807) is 0 Å². The number of nitro groups is 1. The molecule has 0 unspecified atom stereocenters. The van der Waals surface area contributed by atoms with E-state index in [1.807, 2.05) is 0 Å². The number of fused-ring (bicyclic) bond motifs is 1. The molecule has 0 bridgehead atoms. The lowest BCUT2D eigenvalue weighted by atomic mass is 10.2. The standard InChI is InChI=1S/C17H10ClF2N3O5S/c1-28-14(24)7-22-15-12(20)4-8(19)5-13(15)29-17(22)21-16(25)10-6-9(23(26)27)2-3-11(10)18/h2-6H,7H2,1H3. The molecule has 0 fully saturated rings. The van der Waals surface area contributed by atoms with Gasteiger partial charge in [0.15, 0.2) is 10.6 Å². The van der Waals surface area contributed by atoms with Crippen molar-refractivity contribution >= 4 is 50.7 Å². The number of carbonyl (C=O) groups is 2. The second-order valence-electron chi connectivity index (χ2n) is 5.62. The Kier molecular flexibility index (Phi) is 5.71. The van der Waals surface area contributed by atoms with Crippen LogP contribution in [0.4, 0.5) is 14.5 Å². The maximum Gasteiger partial charge on any atom is 0.325 e. The predicted molar refractivity (Wildman–Crippen MR) is 99.7 cm³/mol. The highest BCUT2D eigenvalue weighted by Gasteiger charge is 2.19. The van der Waals surface area contributed by atoms with E-state index >= 15 is 0 Å². The van der Waals surface area contributed by atoms with Crippen molar-refractivity contribution < 1.29 is 28.0 Å². The van der Waals surface area contributed by atoms with E-state index in [0.717, 1.165) is 41.2 Å². The summed E-state index contributed by atoms with van der Waals surface area (Å²) in [5.41, 5.74) is -0.770. The number of amides is 1. The topological polar surface area (TPSA) is 104 Å². The highest BCUT2D eigenvalue weighted by Crippen LogP contribution is 2.24. The molecule has 0 radical (unpaired) electrons. The summed E-state index contributed by atoms with van der Waals surface area (Å²) in [6.45, 7) is -0.492. The van der Waals surface area contributed by atoms with Gasteiger partial charge in [0.05, 0.1) is 32.8 Å². The summed E-state index contributed by atoms with van der Waals surface area (Å²) in [7, 11) is 1.12. The van der Waals surface area contributed by atoms with Gasteiger partial charge in [0.1, 0.15) is 12.4 Å². The maximum atomic E-state index is 14.3. The molecule has 3 rings (SSSR count). The van der Waals surface area contributed by atoms with Gasteiger partial charge in [-0.3, -0.25) is 19.7 Å². The van der Waals surface area contributed by atoms with Crippen molar-refractivity contribution in [2.24, 2.45) is 4.99 Å². The summed E-state index contributed by atoms with van der Waals surface area (Å²) >= 11 is 6.70. The molecule has 0 saturated carbocycles. The lowest BCUT2D eigenvalue weighted by molar-refractivity contribution is -0.384. The van der Waals surface area contributed by atoms with Gasteiger partial charge in [-0.2, -0.15) is 4.99 Å². The van der Waals surface area contributed by atoms with Gasteiger partial charge >= 0.3 is 5.97 Å². The molecule has 0 aliphatic carbocycles. The van der Waals surface area contributed by atoms with Crippen molar-refractivity contribution in [1.82, 2.24) is 4.57 Å². The van der Waals surface area contributed by atoms with Crippen LogP contribution in [0.2, 0.25) is 5.02 Å². The minimum Gasteiger partial charge on any atom is -0.468 e. The zero-order valence-electron chi connectivity index (χ0n) is 14.5. The second kappa shape index (κ2) is 8.05. The molecule has 0 aliphatic rings. The lowest BCUT2D eigenvalue weighted by Gasteiger charge is -2.05. The smallest absolute Gasteiger partial charge is 0.325 e. The van der Waals surface area contributed by atoms with Gasteiger partial charge in [0.2, 0.25) is 0 Å². The summed E-state index contributed by atoms with van der Waals surface area (Å²) in [5.74, 6) is -3.51. The number of hydrogen-bond donors (Lipinski definition) is 0. The molecule has 12 heteroatoms. The molecule has 1 heterocycles. The van der Waals surface area contributed by atoms with Crippen molar-refractivity contribution in [2.75, 3.05) is 7.11 Å². The Morgan fingerprint density at radius 3 is 2.69 bits per heavy atom. The first-order chi connectivity index (χ1) is 13.7. The molecule has 0 atom stereocenters. The molecule has 3 aromatic rings. The molecule has 29 heavy (non-hydrogen) atoms. The third-order valence-electron chi connectivity index (χ3n) is 3.80. The Balaban J connectivity index is 2.22. The van der Waals surface area contributed by atoms with Crippen LogP contribution in [0.25, 0.3) is 10.2 Å². The number of rotatable bonds is 4. The number of nitrogens with zero attached hydrogens (tertiary/aromatic N) is 3. The normalized spacial score (nSPS) is 11.7. The predicted octanol–water partition coefficient (Wildman–Crippen LogP) is 3.46. The molecule has 150 valence electrons. The zero-order valence-corrected chi connectivity index (χ0v) is 16.1. The third-order valence-corrected chi connectivity index (χ3v) is 5.15. The molecule has 0 spiro atoms. The average molecular weight is 442 g/mol. The van der Waals surface area contributed by atoms with Crippen LogP contribution >= 0.6 is 22.9 Å². The van der Waals surface area contributed by atoms with Crippen LogP contribution in [0.5, 0.6) is 0 Å². The minimum atomic E-state index is -0.956. The van der Waals surface area contributed by atoms with Gasteiger partial charge in [-0.25, -0.2) is 8.78 Å². The van der Waals surface area contributed by atoms with E-state index < -0.39 is 35.0 Å². The fraction of sp³-hybridized carbons (Fsp3) is 0.118. The number of nitro benzene ring substituents is 1. The van der Waals surface area contributed by atoms with Crippen LogP contribution in [0.1, 0.15) is 10.4 Å². The Morgan fingerprint density at radius 2 is 2.03 bits per heavy atom. The summed E-state index contributed by atoms with van der Waals surface area (Å²) < 4.78 is 33.6. The Morgan fingerprint density at radius 1 is 1.31 bits per heavy atom. The van der Waals surface area contributed by atoms with Crippen molar-refractivity contribution in [3.05, 3.63) is 67.5 Å². The van der Waals surface area contributed by atoms with Gasteiger partial charge in [-0.1, -0.05) is 22.9 Å². The van der Waals surface area contributed by atoms with Crippen LogP contribution < -0.4 is 4.80 Å². The summed E-state index contributed by atoms with van der Waals surface area (Å²) in [5, 5.41) is 10.8. The number of ether oxygens (including phenoxy) is 1. The van der Waals surface area contributed by atoms with Gasteiger partial charge in [-0.15, -0.1) is 0 Å². The highest BCUT2D eigenvalue weighted by atomic mass is 35.5. The van der Waals surface area contributed by atoms with Crippen LogP contribution in [-0.2, 0) is 16.1 Å². The van der Waals surface area contributed by atoms with Gasteiger partial charge < -0.3 is 9.30 Å². The lowest BCUT2D eigenvalue weighted by Crippen LogP contribution is -2.23. The quantitative estimate of drug-likeness (QED) is 0.350. The van der Waals surface area contributed by atoms with Crippen LogP contribution in [0, 0.1) is 21.7 Å². The van der Waals surface area contributed by atoms with Crippen LogP contribution in [0.15, 0.2) is 35.3 Å². The summed E-state index contributed by atoms with van der Waals surface area (Å²) in [6.07, 6.45) is 0. The van der Waals surface area contributed by atoms with Crippen molar-refractivity contribution in [1.29, 1.82) is 0 Å². The Labute approximate surface area is 169 Å². The summed E-state index contributed by atoms with van der Waals surface area (Å²) in [6, 6.07) is 4.90. The number of benzene rings is 2. The molecule has 0 aliphatic heterocycles. The van der Waals surface area contributed by atoms with E-state index in [9.17, 15) is 28.5 Å². The maximum absolute atomic E-state index is 14.3. The van der Waals surface area contributed by atoms with Crippen molar-refractivity contribution in [2.45, 2.75) is 6.54 Å². The molecule has 0 saturated heterocycles. The van der Waals surface area contributed by atoms with Gasteiger partial charge in [0, 0.05) is 18.2 Å². The van der Waals surface area contributed by atoms with E-state index in [1.165, 1.54) is 6.07 Å². The van der Waals surface area contributed by atoms with E-state index in [2.05, 4.69) is 9.73 Å². The SMILES string of the molecule is COC(=O)Cn1c(=NC(=O)c2cc([N+](=O)[O-])ccc2Cl)sc2cc(F)cc(F)c21. The number of halogens is 3. The van der Waals surface area contributed by atoms with E-state index in [-0.39, 0.29) is 31.3 Å². The number of hydrogen-bond acceptors (Lipinski definition) is 6.